The number of aromatic nitrogens is 2. The molecule has 4 rings (SSSR count). The number of hydrogen-bond acceptors (Lipinski definition) is 8. The van der Waals surface area contributed by atoms with E-state index in [1.54, 1.807) is 11.3 Å². The van der Waals surface area contributed by atoms with E-state index in [1.807, 2.05) is 0 Å². The van der Waals surface area contributed by atoms with Crippen LogP contribution in [0.2, 0.25) is 0 Å². The first-order valence-corrected chi connectivity index (χ1v) is 10.0. The van der Waals surface area contributed by atoms with Crippen molar-refractivity contribution >= 4 is 39.5 Å². The number of hydrogen-bond donors (Lipinski definition) is 1. The molecule has 2 aromatic heterocycles. The van der Waals surface area contributed by atoms with E-state index in [4.69, 9.17) is 4.74 Å². The molecule has 1 saturated heterocycles. The van der Waals surface area contributed by atoms with Gasteiger partial charge in [0.1, 0.15) is 17.3 Å². The van der Waals surface area contributed by atoms with Gasteiger partial charge in [-0.2, -0.15) is 0 Å². The summed E-state index contributed by atoms with van der Waals surface area (Å²) >= 11 is 1.55. The lowest BCUT2D eigenvalue weighted by atomic mass is 9.97. The number of amides is 2. The third-order valence-corrected chi connectivity index (χ3v) is 6.04. The standard InChI is InChI=1S/C18H19N3O6S/c22-13(21-7-8-26-18(21)25)9-27-14(23)6-5-12-19-16(24)15-10-3-1-2-4-11(10)28-17(15)20-12/h1-9H2,(H,19,20,24). The summed E-state index contributed by atoms with van der Waals surface area (Å²) in [6.07, 6.45) is 3.54. The quantitative estimate of drug-likeness (QED) is 0.745. The predicted octanol–water partition coefficient (Wildman–Crippen LogP) is 1.32. The van der Waals surface area contributed by atoms with Crippen LogP contribution < -0.4 is 5.56 Å². The Morgan fingerprint density at radius 3 is 2.86 bits per heavy atom. The van der Waals surface area contributed by atoms with Crippen molar-refractivity contribution < 1.29 is 23.9 Å². The lowest BCUT2D eigenvalue weighted by Crippen LogP contribution is -2.35. The van der Waals surface area contributed by atoms with Gasteiger partial charge in [-0.25, -0.2) is 14.7 Å². The Morgan fingerprint density at radius 1 is 1.25 bits per heavy atom. The number of carbonyl (C=O) groups is 3. The lowest BCUT2D eigenvalue weighted by Gasteiger charge is -2.10. The normalized spacial score (nSPS) is 16.1. The third-order valence-electron chi connectivity index (χ3n) is 4.86. The van der Waals surface area contributed by atoms with E-state index in [2.05, 4.69) is 14.7 Å². The summed E-state index contributed by atoms with van der Waals surface area (Å²) in [4.78, 5) is 57.6. The molecule has 1 fully saturated rings. The number of fused-ring (bicyclic) bond motifs is 3. The number of rotatable bonds is 5. The molecule has 2 amide bonds. The number of cyclic esters (lactones) is 1. The van der Waals surface area contributed by atoms with Gasteiger partial charge in [-0.05, 0) is 31.2 Å². The van der Waals surface area contributed by atoms with Gasteiger partial charge in [-0.1, -0.05) is 0 Å². The molecule has 10 heteroatoms. The maximum absolute atomic E-state index is 12.5. The number of esters is 1. The fourth-order valence-corrected chi connectivity index (χ4v) is 4.74. The Hall–Kier alpha value is -2.75. The SMILES string of the molecule is O=C(CCc1nc2sc3c(c2c(=O)[nH]1)CCCC3)OCC(=O)N1CCOC1=O. The molecule has 0 radical (unpaired) electrons. The number of ether oxygens (including phenoxy) is 2. The maximum Gasteiger partial charge on any atom is 0.416 e. The molecule has 0 saturated carbocycles. The van der Waals surface area contributed by atoms with Gasteiger partial charge in [0.05, 0.1) is 18.4 Å². The predicted molar refractivity (Wildman–Crippen MR) is 99.2 cm³/mol. The summed E-state index contributed by atoms with van der Waals surface area (Å²) in [6.45, 7) is -0.216. The maximum atomic E-state index is 12.5. The smallest absolute Gasteiger partial charge is 0.416 e. The average Bonchev–Trinajstić information content (AvgIpc) is 3.27. The molecular weight excluding hydrogens is 386 g/mol. The average molecular weight is 405 g/mol. The van der Waals surface area contributed by atoms with Gasteiger partial charge in [0.15, 0.2) is 6.61 Å². The molecule has 1 N–H and O–H groups in total. The molecule has 0 spiro atoms. The highest BCUT2D eigenvalue weighted by Crippen LogP contribution is 2.33. The van der Waals surface area contributed by atoms with Gasteiger partial charge in [0.25, 0.3) is 11.5 Å². The van der Waals surface area contributed by atoms with Crippen LogP contribution in [-0.2, 0) is 38.3 Å². The molecular formula is C18H19N3O6S. The van der Waals surface area contributed by atoms with Gasteiger partial charge in [-0.15, -0.1) is 11.3 Å². The van der Waals surface area contributed by atoms with Crippen LogP contribution >= 0.6 is 11.3 Å². The van der Waals surface area contributed by atoms with Gasteiger partial charge in [-0.3, -0.25) is 14.4 Å². The van der Waals surface area contributed by atoms with E-state index in [0.29, 0.717) is 16.0 Å². The molecule has 148 valence electrons. The van der Waals surface area contributed by atoms with E-state index < -0.39 is 24.6 Å². The van der Waals surface area contributed by atoms with E-state index in [0.717, 1.165) is 36.1 Å². The van der Waals surface area contributed by atoms with Crippen LogP contribution in [0.25, 0.3) is 10.2 Å². The summed E-state index contributed by atoms with van der Waals surface area (Å²) in [5.41, 5.74) is 0.945. The second kappa shape index (κ2) is 7.70. The highest BCUT2D eigenvalue weighted by molar-refractivity contribution is 7.18. The molecule has 28 heavy (non-hydrogen) atoms. The number of nitrogens with zero attached hydrogens (tertiary/aromatic N) is 2. The second-order valence-corrected chi connectivity index (χ2v) is 7.81. The molecule has 0 unspecified atom stereocenters. The molecule has 1 aliphatic heterocycles. The van der Waals surface area contributed by atoms with E-state index in [1.165, 1.54) is 4.88 Å². The fourth-order valence-electron chi connectivity index (χ4n) is 3.46. The summed E-state index contributed by atoms with van der Waals surface area (Å²) in [5, 5.41) is 0.675. The van der Waals surface area contributed by atoms with E-state index >= 15 is 0 Å². The van der Waals surface area contributed by atoms with Crippen LogP contribution in [0.5, 0.6) is 0 Å². The number of H-pyrrole nitrogens is 1. The summed E-state index contributed by atoms with van der Waals surface area (Å²) in [6, 6.07) is 0. The zero-order chi connectivity index (χ0) is 19.7. The second-order valence-electron chi connectivity index (χ2n) is 6.72. The first kappa shape index (κ1) is 18.6. The Balaban J connectivity index is 1.36. The first-order chi connectivity index (χ1) is 13.5. The topological polar surface area (TPSA) is 119 Å². The van der Waals surface area contributed by atoms with Crippen molar-refractivity contribution in [2.45, 2.75) is 38.5 Å². The van der Waals surface area contributed by atoms with Crippen molar-refractivity contribution in [2.24, 2.45) is 0 Å². The summed E-state index contributed by atoms with van der Waals surface area (Å²) < 4.78 is 9.58. The highest BCUT2D eigenvalue weighted by Gasteiger charge is 2.29. The molecule has 0 aromatic carbocycles. The number of carbonyl (C=O) groups excluding carboxylic acids is 3. The van der Waals surface area contributed by atoms with E-state index in [-0.39, 0.29) is 31.6 Å². The minimum Gasteiger partial charge on any atom is -0.456 e. The third kappa shape index (κ3) is 3.64. The van der Waals surface area contributed by atoms with E-state index in [9.17, 15) is 19.2 Å². The monoisotopic (exact) mass is 405 g/mol. The summed E-state index contributed by atoms with van der Waals surface area (Å²) in [7, 11) is 0. The van der Waals surface area contributed by atoms with Crippen LogP contribution in [0.4, 0.5) is 4.79 Å². The molecule has 1 aliphatic carbocycles. The number of thiophene rings is 1. The van der Waals surface area contributed by atoms with Gasteiger partial charge in [0, 0.05) is 11.3 Å². The Morgan fingerprint density at radius 2 is 2.07 bits per heavy atom. The molecule has 3 heterocycles. The highest BCUT2D eigenvalue weighted by atomic mass is 32.1. The zero-order valence-corrected chi connectivity index (χ0v) is 15.9. The van der Waals surface area contributed by atoms with Gasteiger partial charge in [0.2, 0.25) is 0 Å². The lowest BCUT2D eigenvalue weighted by molar-refractivity contribution is -0.150. The molecule has 9 nitrogen and oxygen atoms in total. The van der Waals surface area contributed by atoms with Crippen molar-refractivity contribution in [3.8, 4) is 0 Å². The molecule has 2 aliphatic rings. The van der Waals surface area contributed by atoms with Crippen molar-refractivity contribution in [2.75, 3.05) is 19.8 Å². The summed E-state index contributed by atoms with van der Waals surface area (Å²) in [5.74, 6) is -0.801. The largest absolute Gasteiger partial charge is 0.456 e. The number of imide groups is 1. The first-order valence-electron chi connectivity index (χ1n) is 9.19. The fraction of sp³-hybridized carbons (Fsp3) is 0.500. The van der Waals surface area contributed by atoms with Crippen LogP contribution in [0, 0.1) is 0 Å². The van der Waals surface area contributed by atoms with Gasteiger partial charge < -0.3 is 14.5 Å². The van der Waals surface area contributed by atoms with Crippen LogP contribution in [0.15, 0.2) is 4.79 Å². The minimum atomic E-state index is -0.727. The Labute approximate surface area is 163 Å². The van der Waals surface area contributed by atoms with Crippen molar-refractivity contribution in [1.29, 1.82) is 0 Å². The zero-order valence-electron chi connectivity index (χ0n) is 15.1. The van der Waals surface area contributed by atoms with Crippen LogP contribution in [0.1, 0.15) is 35.5 Å². The van der Waals surface area contributed by atoms with Crippen LogP contribution in [-0.4, -0.2) is 52.6 Å². The number of aryl methyl sites for hydroxylation is 3. The molecule has 0 atom stereocenters. The molecule has 0 bridgehead atoms. The Bertz CT molecular complexity index is 1010. The number of nitrogens with one attached hydrogen (secondary N) is 1. The van der Waals surface area contributed by atoms with Crippen molar-refractivity contribution in [3.63, 3.8) is 0 Å². The van der Waals surface area contributed by atoms with Gasteiger partial charge >= 0.3 is 12.1 Å². The molecule has 2 aromatic rings. The Kier molecular flexibility index (Phi) is 5.12. The van der Waals surface area contributed by atoms with Crippen LogP contribution in [0.3, 0.4) is 0 Å². The van der Waals surface area contributed by atoms with Crippen molar-refractivity contribution in [3.05, 3.63) is 26.6 Å². The van der Waals surface area contributed by atoms with Crippen molar-refractivity contribution in [1.82, 2.24) is 14.9 Å². The minimum absolute atomic E-state index is 0.0305. The number of aromatic amines is 1.